The lowest BCUT2D eigenvalue weighted by atomic mass is 10.1. The molecule has 1 aromatic carbocycles. The third-order valence-corrected chi connectivity index (χ3v) is 4.13. The number of rotatable bonds is 4. The molecule has 1 fully saturated rings. The van der Waals surface area contributed by atoms with Crippen molar-refractivity contribution in [3.05, 3.63) is 30.3 Å². The summed E-state index contributed by atoms with van der Waals surface area (Å²) in [5.74, 6) is -0.878. The first-order valence-electron chi connectivity index (χ1n) is 8.77. The molecule has 1 heterocycles. The summed E-state index contributed by atoms with van der Waals surface area (Å²) in [4.78, 5) is 27.4. The smallest absolute Gasteiger partial charge is 0.410 e. The van der Waals surface area contributed by atoms with Crippen LogP contribution in [0, 0.1) is 0 Å². The summed E-state index contributed by atoms with van der Waals surface area (Å²) in [6.07, 6.45) is 2.36. The number of hydrogen-bond donors (Lipinski definition) is 1. The number of carbonyl (C=O) groups is 2. The Balaban J connectivity index is 2.18. The van der Waals surface area contributed by atoms with Gasteiger partial charge in [0.25, 0.3) is 0 Å². The number of para-hydroxylation sites is 1. The summed E-state index contributed by atoms with van der Waals surface area (Å²) in [5, 5.41) is 9.33. The van der Waals surface area contributed by atoms with E-state index in [1.165, 1.54) is 0 Å². The summed E-state index contributed by atoms with van der Waals surface area (Å²) in [6, 6.07) is 9.47. The molecule has 25 heavy (non-hydrogen) atoms. The average Bonchev–Trinajstić information content (AvgIpc) is 2.78. The number of likely N-dealkylation sites (tertiary alicyclic amines) is 1. The highest BCUT2D eigenvalue weighted by Gasteiger charge is 2.30. The van der Waals surface area contributed by atoms with Crippen molar-refractivity contribution in [2.75, 3.05) is 24.5 Å². The van der Waals surface area contributed by atoms with Gasteiger partial charge in [0.1, 0.15) is 12.1 Å². The van der Waals surface area contributed by atoms with Crippen LogP contribution in [0.25, 0.3) is 0 Å². The fourth-order valence-electron chi connectivity index (χ4n) is 3.06. The third-order valence-electron chi connectivity index (χ3n) is 4.13. The highest BCUT2D eigenvalue weighted by atomic mass is 16.6. The van der Waals surface area contributed by atoms with Gasteiger partial charge in [-0.15, -0.1) is 0 Å². The first kappa shape index (κ1) is 19.1. The van der Waals surface area contributed by atoms with Crippen LogP contribution in [0.15, 0.2) is 30.3 Å². The van der Waals surface area contributed by atoms with Crippen LogP contribution in [0.2, 0.25) is 0 Å². The van der Waals surface area contributed by atoms with Crippen molar-refractivity contribution in [2.45, 2.75) is 51.7 Å². The summed E-state index contributed by atoms with van der Waals surface area (Å²) in [6.45, 7) is 6.57. The summed E-state index contributed by atoms with van der Waals surface area (Å²) < 4.78 is 5.50. The summed E-state index contributed by atoms with van der Waals surface area (Å²) >= 11 is 0. The van der Waals surface area contributed by atoms with Crippen molar-refractivity contribution >= 4 is 17.7 Å². The second kappa shape index (κ2) is 8.23. The van der Waals surface area contributed by atoms with Gasteiger partial charge in [-0.3, -0.25) is 4.79 Å². The van der Waals surface area contributed by atoms with Crippen LogP contribution >= 0.6 is 0 Å². The molecule has 0 radical (unpaired) electrons. The van der Waals surface area contributed by atoms with Crippen LogP contribution in [0.1, 0.15) is 40.0 Å². The van der Waals surface area contributed by atoms with Crippen LogP contribution < -0.4 is 4.90 Å². The van der Waals surface area contributed by atoms with Crippen molar-refractivity contribution in [2.24, 2.45) is 0 Å². The minimum atomic E-state index is -0.878. The Kier molecular flexibility index (Phi) is 6.28. The molecule has 0 aliphatic carbocycles. The predicted octanol–water partition coefficient (Wildman–Crippen LogP) is 3.37. The molecule has 1 unspecified atom stereocenters. The maximum absolute atomic E-state index is 12.5. The van der Waals surface area contributed by atoms with E-state index in [9.17, 15) is 14.7 Å². The van der Waals surface area contributed by atoms with Crippen molar-refractivity contribution < 1.29 is 19.4 Å². The second-order valence-electron chi connectivity index (χ2n) is 7.43. The van der Waals surface area contributed by atoms with Gasteiger partial charge in [0.2, 0.25) is 0 Å². The molecule has 0 aromatic heterocycles. The second-order valence-corrected chi connectivity index (χ2v) is 7.43. The molecule has 138 valence electrons. The van der Waals surface area contributed by atoms with E-state index in [4.69, 9.17) is 4.74 Å². The van der Waals surface area contributed by atoms with Gasteiger partial charge in [0.15, 0.2) is 0 Å². The van der Waals surface area contributed by atoms with E-state index >= 15 is 0 Å². The number of ether oxygens (including phenoxy) is 1. The average molecular weight is 348 g/mol. The number of hydrogen-bond acceptors (Lipinski definition) is 4. The summed E-state index contributed by atoms with van der Waals surface area (Å²) in [7, 11) is 0. The molecule has 0 spiro atoms. The number of carbonyl (C=O) groups excluding carboxylic acids is 1. The highest BCUT2D eigenvalue weighted by Crippen LogP contribution is 2.23. The third kappa shape index (κ3) is 5.96. The lowest BCUT2D eigenvalue weighted by Crippen LogP contribution is -2.48. The van der Waals surface area contributed by atoms with Crippen LogP contribution in [-0.2, 0) is 9.53 Å². The van der Waals surface area contributed by atoms with Gasteiger partial charge in [0, 0.05) is 24.8 Å². The fraction of sp³-hybridized carbons (Fsp3) is 0.579. The number of benzene rings is 1. The number of aliphatic carboxylic acids is 1. The molecule has 1 atom stereocenters. The number of anilines is 1. The first-order valence-corrected chi connectivity index (χ1v) is 8.77. The van der Waals surface area contributed by atoms with E-state index in [-0.39, 0.29) is 18.7 Å². The number of carboxylic acid groups (broad SMARTS) is 1. The van der Waals surface area contributed by atoms with Gasteiger partial charge in [-0.25, -0.2) is 4.79 Å². The van der Waals surface area contributed by atoms with Crippen LogP contribution in [0.3, 0.4) is 0 Å². The fourth-order valence-corrected chi connectivity index (χ4v) is 3.06. The van der Waals surface area contributed by atoms with Crippen molar-refractivity contribution in [1.82, 2.24) is 4.90 Å². The van der Waals surface area contributed by atoms with Gasteiger partial charge >= 0.3 is 12.1 Å². The molecule has 1 aliphatic rings. The number of carboxylic acids is 1. The minimum Gasteiger partial charge on any atom is -0.480 e. The monoisotopic (exact) mass is 348 g/mol. The minimum absolute atomic E-state index is 0.0477. The molecular weight excluding hydrogens is 320 g/mol. The van der Waals surface area contributed by atoms with Crippen molar-refractivity contribution in [3.63, 3.8) is 0 Å². The topological polar surface area (TPSA) is 70.1 Å². The normalized spacial score (nSPS) is 18.4. The molecule has 6 heteroatoms. The molecule has 0 bridgehead atoms. The molecule has 1 aromatic rings. The maximum atomic E-state index is 12.5. The molecule has 1 aliphatic heterocycles. The molecule has 1 N–H and O–H groups in total. The molecular formula is C19H28N2O4. The standard InChI is InChI=1S/C19H28N2O4/c1-19(2,3)25-18(24)20-12-8-7-11-16(13-20)21(14-17(22)23)15-9-5-4-6-10-15/h4-6,9-10,16H,7-8,11-14H2,1-3H3,(H,22,23). The predicted molar refractivity (Wildman–Crippen MR) is 96.9 cm³/mol. The lowest BCUT2D eigenvalue weighted by Gasteiger charge is -2.35. The molecule has 0 saturated carbocycles. The molecule has 1 saturated heterocycles. The van der Waals surface area contributed by atoms with E-state index in [0.717, 1.165) is 24.9 Å². The lowest BCUT2D eigenvalue weighted by molar-refractivity contribution is -0.135. The van der Waals surface area contributed by atoms with Crippen LogP contribution in [-0.4, -0.2) is 53.3 Å². The number of nitrogens with zero attached hydrogens (tertiary/aromatic N) is 2. The van der Waals surface area contributed by atoms with Gasteiger partial charge in [-0.1, -0.05) is 18.2 Å². The molecule has 2 rings (SSSR count). The Bertz CT molecular complexity index is 583. The van der Waals surface area contributed by atoms with Crippen LogP contribution in [0.4, 0.5) is 10.5 Å². The Morgan fingerprint density at radius 1 is 1.24 bits per heavy atom. The quantitative estimate of drug-likeness (QED) is 0.903. The SMILES string of the molecule is CC(C)(C)OC(=O)N1CCCCC(N(CC(=O)O)c2ccccc2)C1. The zero-order valence-corrected chi connectivity index (χ0v) is 15.3. The van der Waals surface area contributed by atoms with E-state index < -0.39 is 11.6 Å². The maximum Gasteiger partial charge on any atom is 0.410 e. The number of amides is 1. The Morgan fingerprint density at radius 2 is 1.92 bits per heavy atom. The molecule has 6 nitrogen and oxygen atoms in total. The zero-order valence-electron chi connectivity index (χ0n) is 15.3. The Morgan fingerprint density at radius 3 is 2.52 bits per heavy atom. The van der Waals surface area contributed by atoms with Crippen LogP contribution in [0.5, 0.6) is 0 Å². The Hall–Kier alpha value is -2.24. The first-order chi connectivity index (χ1) is 11.8. The zero-order chi connectivity index (χ0) is 18.4. The largest absolute Gasteiger partial charge is 0.480 e. The highest BCUT2D eigenvalue weighted by molar-refractivity contribution is 5.74. The van der Waals surface area contributed by atoms with E-state index in [1.807, 2.05) is 56.0 Å². The van der Waals surface area contributed by atoms with E-state index in [0.29, 0.717) is 13.1 Å². The van der Waals surface area contributed by atoms with Gasteiger partial charge in [-0.2, -0.15) is 0 Å². The van der Waals surface area contributed by atoms with Crippen molar-refractivity contribution in [1.29, 1.82) is 0 Å². The van der Waals surface area contributed by atoms with E-state index in [2.05, 4.69) is 0 Å². The van der Waals surface area contributed by atoms with Gasteiger partial charge < -0.3 is 19.6 Å². The van der Waals surface area contributed by atoms with Gasteiger partial charge in [0.05, 0.1) is 0 Å². The Labute approximate surface area is 149 Å². The van der Waals surface area contributed by atoms with E-state index in [1.54, 1.807) is 4.90 Å². The summed E-state index contributed by atoms with van der Waals surface area (Å²) in [5.41, 5.74) is 0.319. The molecule has 1 amide bonds. The van der Waals surface area contributed by atoms with Crippen molar-refractivity contribution in [3.8, 4) is 0 Å². The van der Waals surface area contributed by atoms with Gasteiger partial charge in [-0.05, 0) is 52.2 Å².